The van der Waals surface area contributed by atoms with E-state index in [2.05, 4.69) is 15.2 Å². The van der Waals surface area contributed by atoms with E-state index in [1.165, 1.54) is 6.20 Å². The van der Waals surface area contributed by atoms with Crippen LogP contribution in [0.15, 0.2) is 16.1 Å². The van der Waals surface area contributed by atoms with Crippen LogP contribution in [0.25, 0.3) is 0 Å². The van der Waals surface area contributed by atoms with Crippen molar-refractivity contribution in [2.45, 2.75) is 6.92 Å². The normalized spacial score (nSPS) is 26.2. The Morgan fingerprint density at radius 1 is 1.47 bits per heavy atom. The zero-order valence-corrected chi connectivity index (χ0v) is 9.55. The smallest absolute Gasteiger partial charge is 0.218 e. The molecule has 15 heavy (non-hydrogen) atoms. The Morgan fingerprint density at radius 3 is 2.67 bits per heavy atom. The molecule has 1 fully saturated rings. The van der Waals surface area contributed by atoms with Gasteiger partial charge in [-0.2, -0.15) is 0 Å². The van der Waals surface area contributed by atoms with Gasteiger partial charge in [0.15, 0.2) is 5.04 Å². The quantitative estimate of drug-likeness (QED) is 0.698. The molecule has 84 valence electrons. The van der Waals surface area contributed by atoms with Crippen LogP contribution in [0.1, 0.15) is 6.92 Å². The zero-order chi connectivity index (χ0) is 10.9. The predicted molar refractivity (Wildman–Crippen MR) is 59.4 cm³/mol. The van der Waals surface area contributed by atoms with Crippen molar-refractivity contribution in [3.05, 3.63) is 11.1 Å². The highest BCUT2D eigenvalue weighted by Crippen LogP contribution is 2.16. The molecule has 0 amide bonds. The lowest BCUT2D eigenvalue weighted by Crippen LogP contribution is -2.46. The second-order valence-corrected chi connectivity index (χ2v) is 5.91. The second-order valence-electron chi connectivity index (χ2n) is 3.79. The lowest BCUT2D eigenvalue weighted by atomic mass is 10.4. The minimum Gasteiger partial charge on any atom is -0.314 e. The van der Waals surface area contributed by atoms with E-state index < -0.39 is 9.84 Å². The van der Waals surface area contributed by atoms with E-state index in [0.29, 0.717) is 16.5 Å². The fourth-order valence-electron chi connectivity index (χ4n) is 1.67. The first-order valence-electron chi connectivity index (χ1n) is 5.02. The molecular formula is C9H15N3O2S. The van der Waals surface area contributed by atoms with E-state index in [1.54, 1.807) is 6.92 Å². The van der Waals surface area contributed by atoms with Crippen molar-refractivity contribution < 1.29 is 8.42 Å². The number of piperazine rings is 1. The third kappa shape index (κ3) is 2.11. The molecule has 0 atom stereocenters. The van der Waals surface area contributed by atoms with Gasteiger partial charge in [0.25, 0.3) is 0 Å². The van der Waals surface area contributed by atoms with Crippen LogP contribution in [0.2, 0.25) is 0 Å². The fourth-order valence-corrected chi connectivity index (χ4v) is 2.78. The van der Waals surface area contributed by atoms with E-state index >= 15 is 0 Å². The maximum Gasteiger partial charge on any atom is 0.218 e. The minimum absolute atomic E-state index is 0.293. The summed E-state index contributed by atoms with van der Waals surface area (Å²) in [6.45, 7) is 5.63. The topological polar surface area (TPSA) is 61.8 Å². The van der Waals surface area contributed by atoms with Crippen molar-refractivity contribution in [3.63, 3.8) is 0 Å². The lowest BCUT2D eigenvalue weighted by molar-refractivity contribution is 0.273. The average molecular weight is 229 g/mol. The second kappa shape index (κ2) is 4.03. The fraction of sp³-hybridized carbons (Fsp3) is 0.667. The molecule has 0 unspecified atom stereocenters. The van der Waals surface area contributed by atoms with Crippen molar-refractivity contribution in [2.24, 2.45) is 4.99 Å². The minimum atomic E-state index is -3.22. The van der Waals surface area contributed by atoms with Gasteiger partial charge in [-0.15, -0.1) is 0 Å². The number of sulfone groups is 1. The number of hydrogen-bond donors (Lipinski definition) is 1. The summed E-state index contributed by atoms with van der Waals surface area (Å²) in [6, 6.07) is 0. The Labute approximate surface area is 89.8 Å². The SMILES string of the molecule is CC1=CN=C(CN2CCNCC2)S1(=O)=O. The molecule has 0 aromatic heterocycles. The molecule has 0 aromatic carbocycles. The van der Waals surface area contributed by atoms with Gasteiger partial charge >= 0.3 is 0 Å². The molecule has 2 heterocycles. The third-order valence-electron chi connectivity index (χ3n) is 2.69. The van der Waals surface area contributed by atoms with Gasteiger partial charge in [0.2, 0.25) is 9.84 Å². The molecule has 0 bridgehead atoms. The van der Waals surface area contributed by atoms with Gasteiger partial charge in [-0.3, -0.25) is 4.90 Å². The molecule has 0 aromatic rings. The largest absolute Gasteiger partial charge is 0.314 e. The van der Waals surface area contributed by atoms with E-state index in [0.717, 1.165) is 26.2 Å². The standard InChI is InChI=1S/C9H15N3O2S/c1-8-6-11-9(15(8,13)14)7-12-4-2-10-3-5-12/h6,10H,2-5,7H2,1H3. The summed E-state index contributed by atoms with van der Waals surface area (Å²) in [6.07, 6.45) is 1.44. The third-order valence-corrected chi connectivity index (χ3v) is 4.50. The molecule has 2 aliphatic rings. The summed E-state index contributed by atoms with van der Waals surface area (Å²) in [5, 5.41) is 3.52. The molecule has 0 saturated carbocycles. The van der Waals surface area contributed by atoms with Gasteiger partial charge in [0, 0.05) is 32.4 Å². The Kier molecular flexibility index (Phi) is 2.90. The monoisotopic (exact) mass is 229 g/mol. The maximum atomic E-state index is 11.7. The van der Waals surface area contributed by atoms with Gasteiger partial charge in [0.05, 0.1) is 11.4 Å². The van der Waals surface area contributed by atoms with Gasteiger partial charge in [-0.05, 0) is 6.92 Å². The summed E-state index contributed by atoms with van der Waals surface area (Å²) >= 11 is 0. The summed E-state index contributed by atoms with van der Waals surface area (Å²) in [7, 11) is -3.22. The van der Waals surface area contributed by atoms with Gasteiger partial charge < -0.3 is 5.32 Å². The van der Waals surface area contributed by atoms with Crippen LogP contribution >= 0.6 is 0 Å². The molecule has 1 N–H and O–H groups in total. The first kappa shape index (κ1) is 10.8. The van der Waals surface area contributed by atoms with Crippen molar-refractivity contribution in [2.75, 3.05) is 32.7 Å². The Bertz CT molecular complexity index is 405. The maximum absolute atomic E-state index is 11.7. The van der Waals surface area contributed by atoms with E-state index in [-0.39, 0.29) is 0 Å². The van der Waals surface area contributed by atoms with Crippen LogP contribution in [0.3, 0.4) is 0 Å². The van der Waals surface area contributed by atoms with Crippen LogP contribution in [-0.2, 0) is 9.84 Å². The van der Waals surface area contributed by atoms with Crippen molar-refractivity contribution >= 4 is 14.9 Å². The Morgan fingerprint density at radius 2 is 2.13 bits per heavy atom. The Balaban J connectivity index is 2.02. The Hall–Kier alpha value is -0.720. The highest BCUT2D eigenvalue weighted by molar-refractivity contribution is 8.10. The number of rotatable bonds is 2. The molecule has 6 heteroatoms. The van der Waals surface area contributed by atoms with Crippen molar-refractivity contribution in [1.82, 2.24) is 10.2 Å². The molecular weight excluding hydrogens is 214 g/mol. The van der Waals surface area contributed by atoms with Crippen LogP contribution in [0.5, 0.6) is 0 Å². The van der Waals surface area contributed by atoms with Gasteiger partial charge in [-0.1, -0.05) is 0 Å². The number of aliphatic imine (C=N–C) groups is 1. The molecule has 0 radical (unpaired) electrons. The van der Waals surface area contributed by atoms with E-state index in [4.69, 9.17) is 0 Å². The zero-order valence-electron chi connectivity index (χ0n) is 8.73. The number of nitrogens with one attached hydrogen (secondary N) is 1. The van der Waals surface area contributed by atoms with Crippen molar-refractivity contribution in [1.29, 1.82) is 0 Å². The van der Waals surface area contributed by atoms with Crippen LogP contribution in [0.4, 0.5) is 0 Å². The number of nitrogens with zero attached hydrogens (tertiary/aromatic N) is 2. The number of hydrogen-bond acceptors (Lipinski definition) is 5. The molecule has 1 saturated heterocycles. The van der Waals surface area contributed by atoms with Crippen LogP contribution in [0, 0.1) is 0 Å². The summed E-state index contributed by atoms with van der Waals surface area (Å²) < 4.78 is 23.5. The predicted octanol–water partition coefficient (Wildman–Crippen LogP) is -0.420. The molecule has 2 rings (SSSR count). The van der Waals surface area contributed by atoms with Crippen molar-refractivity contribution in [3.8, 4) is 0 Å². The molecule has 5 nitrogen and oxygen atoms in total. The molecule has 0 spiro atoms. The summed E-state index contributed by atoms with van der Waals surface area (Å²) in [4.78, 5) is 6.43. The van der Waals surface area contributed by atoms with Crippen LogP contribution < -0.4 is 5.32 Å². The first-order chi connectivity index (χ1) is 7.10. The van der Waals surface area contributed by atoms with Crippen LogP contribution in [-0.4, -0.2) is 51.1 Å². The summed E-state index contributed by atoms with van der Waals surface area (Å²) in [5.41, 5.74) is 0. The van der Waals surface area contributed by atoms with Gasteiger partial charge in [-0.25, -0.2) is 13.4 Å². The van der Waals surface area contributed by atoms with Gasteiger partial charge in [0.1, 0.15) is 0 Å². The highest BCUT2D eigenvalue weighted by Gasteiger charge is 2.28. The summed E-state index contributed by atoms with van der Waals surface area (Å²) in [5.74, 6) is 0. The van der Waals surface area contributed by atoms with E-state index in [9.17, 15) is 8.42 Å². The number of allylic oxidation sites excluding steroid dienone is 1. The molecule has 2 aliphatic heterocycles. The van der Waals surface area contributed by atoms with E-state index in [1.807, 2.05) is 0 Å². The molecule has 0 aliphatic carbocycles. The first-order valence-corrected chi connectivity index (χ1v) is 6.50. The highest BCUT2D eigenvalue weighted by atomic mass is 32.2. The lowest BCUT2D eigenvalue weighted by Gasteiger charge is -2.26. The average Bonchev–Trinajstić information content (AvgIpc) is 2.47.